The molecule has 0 saturated heterocycles. The molecule has 200 valence electrons. The number of aromatic nitrogens is 1. The van der Waals surface area contributed by atoms with Gasteiger partial charge in [-0.05, 0) is 49.9 Å². The maximum atomic E-state index is 13.4. The molecule has 0 saturated carbocycles. The van der Waals surface area contributed by atoms with Gasteiger partial charge in [0.1, 0.15) is 6.04 Å². The van der Waals surface area contributed by atoms with Gasteiger partial charge in [-0.25, -0.2) is 9.78 Å². The maximum absolute atomic E-state index is 13.4. The van der Waals surface area contributed by atoms with Crippen molar-refractivity contribution in [1.82, 2.24) is 4.98 Å². The highest BCUT2D eigenvalue weighted by atomic mass is 32.1. The van der Waals surface area contributed by atoms with Crippen molar-refractivity contribution in [2.45, 2.75) is 43.9 Å². The van der Waals surface area contributed by atoms with Crippen LogP contribution < -0.4 is 16.4 Å². The number of nitrogens with two attached hydrogens (primary N) is 2. The number of nitrogens with zero attached hydrogens (tertiary/aromatic N) is 2. The molecule has 3 aromatic rings. The van der Waals surface area contributed by atoms with Gasteiger partial charge in [0.15, 0.2) is 5.13 Å². The lowest BCUT2D eigenvalue weighted by Gasteiger charge is -2.29. The zero-order valence-corrected chi connectivity index (χ0v) is 21.3. The Labute approximate surface area is 220 Å². The lowest BCUT2D eigenvalue weighted by atomic mass is 10.0. The van der Waals surface area contributed by atoms with Crippen LogP contribution in [0.15, 0.2) is 54.6 Å². The van der Waals surface area contributed by atoms with Crippen LogP contribution in [0.2, 0.25) is 0 Å². The summed E-state index contributed by atoms with van der Waals surface area (Å²) in [6.45, 7) is 0.416. The number of carbonyl (C=O) groups is 3. The number of carbonyl (C=O) groups excluding carboxylic acids is 2. The minimum atomic E-state index is -5.08. The number of hydrogen-bond donors (Lipinski definition) is 4. The van der Waals surface area contributed by atoms with Crippen LogP contribution in [0.25, 0.3) is 10.2 Å². The van der Waals surface area contributed by atoms with Gasteiger partial charge in [0, 0.05) is 0 Å². The lowest BCUT2D eigenvalue weighted by Crippen LogP contribution is -2.51. The number of thiazole rings is 1. The first-order chi connectivity index (χ1) is 17.5. The normalized spacial score (nSPS) is 12.8. The van der Waals surface area contributed by atoms with Crippen LogP contribution in [0, 0.1) is 0 Å². The maximum Gasteiger partial charge on any atom is 0.490 e. The number of aryl methyl sites for hydroxylation is 1. The molecule has 0 fully saturated rings. The third-order valence-electron chi connectivity index (χ3n) is 5.15. The first-order valence-corrected chi connectivity index (χ1v) is 12.4. The Balaban J connectivity index is 0.000000604. The summed E-state index contributed by atoms with van der Waals surface area (Å²) in [5, 5.41) is 7.19. The molecule has 0 spiro atoms. The number of carboxylic acids is 1. The molecular formula is C24H27F3N4O4S2. The van der Waals surface area contributed by atoms with Gasteiger partial charge in [-0.2, -0.15) is 13.2 Å². The molecule has 2 atom stereocenters. The summed E-state index contributed by atoms with van der Waals surface area (Å²) in [5.41, 5.74) is 13.8. The molecule has 37 heavy (non-hydrogen) atoms. The summed E-state index contributed by atoms with van der Waals surface area (Å²) in [6.07, 6.45) is -2.95. The number of para-hydroxylation sites is 1. The zero-order valence-electron chi connectivity index (χ0n) is 19.6. The second-order valence-corrected chi connectivity index (χ2v) is 9.34. The number of alkyl halides is 3. The minimum Gasteiger partial charge on any atom is -0.475 e. The summed E-state index contributed by atoms with van der Waals surface area (Å²) in [5.74, 6) is -3.08. The first-order valence-electron chi connectivity index (χ1n) is 11.2. The van der Waals surface area contributed by atoms with Gasteiger partial charge in [0.05, 0.1) is 16.3 Å². The van der Waals surface area contributed by atoms with E-state index >= 15 is 0 Å². The third-order valence-corrected chi connectivity index (χ3v) is 6.48. The molecule has 8 nitrogen and oxygen atoms in total. The van der Waals surface area contributed by atoms with E-state index in [1.165, 1.54) is 16.2 Å². The summed E-state index contributed by atoms with van der Waals surface area (Å²) >= 11 is 5.42. The van der Waals surface area contributed by atoms with E-state index in [-0.39, 0.29) is 5.91 Å². The molecule has 0 radical (unpaired) electrons. The fraction of sp³-hybridized carbons (Fsp3) is 0.333. The zero-order chi connectivity index (χ0) is 27.6. The molecular weight excluding hydrogens is 529 g/mol. The van der Waals surface area contributed by atoms with E-state index in [4.69, 9.17) is 21.4 Å². The van der Waals surface area contributed by atoms with E-state index in [0.717, 1.165) is 15.8 Å². The van der Waals surface area contributed by atoms with Crippen molar-refractivity contribution in [2.75, 3.05) is 11.4 Å². The number of anilines is 1. The number of fused-ring (bicyclic) bond motifs is 1. The number of hydrogen-bond acceptors (Lipinski definition) is 7. The van der Waals surface area contributed by atoms with E-state index in [9.17, 15) is 22.8 Å². The predicted molar refractivity (Wildman–Crippen MR) is 140 cm³/mol. The molecule has 3 rings (SSSR count). The van der Waals surface area contributed by atoms with E-state index in [2.05, 4.69) is 17.6 Å². The van der Waals surface area contributed by atoms with Crippen LogP contribution in [-0.2, 0) is 20.8 Å². The van der Waals surface area contributed by atoms with Crippen LogP contribution in [-0.4, -0.2) is 51.9 Å². The first kappa shape index (κ1) is 30.2. The number of halogens is 3. The van der Waals surface area contributed by atoms with Gasteiger partial charge in [-0.3, -0.25) is 14.5 Å². The van der Waals surface area contributed by atoms with Crippen molar-refractivity contribution >= 4 is 56.3 Å². The molecule has 2 aromatic carbocycles. The van der Waals surface area contributed by atoms with E-state index in [0.29, 0.717) is 37.4 Å². The number of carboxylic acid groups (broad SMARTS) is 1. The summed E-state index contributed by atoms with van der Waals surface area (Å²) in [6, 6.07) is 16.0. The van der Waals surface area contributed by atoms with Crippen molar-refractivity contribution in [2.24, 2.45) is 11.5 Å². The second-order valence-electron chi connectivity index (χ2n) is 7.89. The Morgan fingerprint density at radius 2 is 1.65 bits per heavy atom. The number of amides is 1. The number of benzene rings is 2. The summed E-state index contributed by atoms with van der Waals surface area (Å²) in [4.78, 5) is 40.7. The standard InChI is InChI=1S/C22H26N4O2S2.C2HF3O2/c23-14-6-10-18(21(28)29)26(22-25-17-9-4-5-11-19(17)30-22)20(27)16(24)13-12-15-7-2-1-3-8-15;3-2(4,5)1(6)7/h1-5,7-9,11,16,18H,6,10,12-14,23-24H2,(H,28,29);(H,6,7)/t16-,18-;/m0./s1. The fourth-order valence-corrected chi connectivity index (χ4v) is 4.55. The molecule has 1 amide bonds. The van der Waals surface area contributed by atoms with E-state index < -0.39 is 29.3 Å². The second kappa shape index (κ2) is 14.1. The molecule has 0 aliphatic rings. The van der Waals surface area contributed by atoms with Gasteiger partial charge in [-0.1, -0.05) is 53.8 Å². The Hall–Kier alpha value is -3.00. The number of rotatable bonds is 10. The average molecular weight is 557 g/mol. The van der Waals surface area contributed by atoms with Gasteiger partial charge in [0.2, 0.25) is 11.0 Å². The minimum absolute atomic E-state index is 0.325. The quantitative estimate of drug-likeness (QED) is 0.279. The molecule has 5 N–H and O–H groups in total. The Morgan fingerprint density at radius 3 is 2.19 bits per heavy atom. The smallest absolute Gasteiger partial charge is 0.475 e. The molecule has 0 aliphatic heterocycles. The monoisotopic (exact) mass is 556 g/mol. The lowest BCUT2D eigenvalue weighted by molar-refractivity contribution is -0.192. The predicted octanol–water partition coefficient (Wildman–Crippen LogP) is 3.79. The van der Waals surface area contributed by atoms with Crippen molar-refractivity contribution in [3.05, 3.63) is 60.2 Å². The number of thiol groups is 1. The Kier molecular flexibility index (Phi) is 11.5. The molecule has 0 unspecified atom stereocenters. The van der Waals surface area contributed by atoms with Gasteiger partial charge in [-0.15, -0.1) is 12.6 Å². The highest BCUT2D eigenvalue weighted by Crippen LogP contribution is 2.32. The van der Waals surface area contributed by atoms with Crippen molar-refractivity contribution in [1.29, 1.82) is 0 Å². The molecule has 1 aromatic heterocycles. The summed E-state index contributed by atoms with van der Waals surface area (Å²) in [7, 11) is 0. The van der Waals surface area contributed by atoms with Crippen molar-refractivity contribution < 1.29 is 32.7 Å². The Bertz CT molecular complexity index is 1160. The van der Waals surface area contributed by atoms with E-state index in [1.54, 1.807) is 0 Å². The molecule has 0 bridgehead atoms. The van der Waals surface area contributed by atoms with Crippen molar-refractivity contribution in [3.63, 3.8) is 0 Å². The molecule has 0 aliphatic carbocycles. The third kappa shape index (κ3) is 9.11. The molecule has 1 heterocycles. The largest absolute Gasteiger partial charge is 0.490 e. The van der Waals surface area contributed by atoms with Crippen LogP contribution in [0.1, 0.15) is 24.8 Å². The molecule has 13 heteroatoms. The fourth-order valence-electron chi connectivity index (χ4n) is 3.29. The highest BCUT2D eigenvalue weighted by molar-refractivity contribution is 7.96. The van der Waals surface area contributed by atoms with E-state index in [1.807, 2.05) is 54.6 Å². The van der Waals surface area contributed by atoms with Crippen LogP contribution in [0.5, 0.6) is 0 Å². The van der Waals surface area contributed by atoms with Crippen LogP contribution in [0.4, 0.5) is 18.3 Å². The SMILES string of the molecule is NCCC[C@@H](C(=O)S)N(C(=O)[C@@H](N)CCc1ccccc1)c1nc2ccccc2s1.O=C(O)C(F)(F)F. The Morgan fingerprint density at radius 1 is 1.05 bits per heavy atom. The van der Waals surface area contributed by atoms with Crippen LogP contribution >= 0.6 is 24.0 Å². The number of aliphatic carboxylic acids is 1. The van der Waals surface area contributed by atoms with Crippen LogP contribution in [0.3, 0.4) is 0 Å². The average Bonchev–Trinajstić information content (AvgIpc) is 3.28. The topological polar surface area (TPSA) is 140 Å². The summed E-state index contributed by atoms with van der Waals surface area (Å²) < 4.78 is 32.7. The highest BCUT2D eigenvalue weighted by Gasteiger charge is 2.38. The van der Waals surface area contributed by atoms with Gasteiger partial charge >= 0.3 is 12.1 Å². The van der Waals surface area contributed by atoms with Gasteiger partial charge in [0.25, 0.3) is 0 Å². The van der Waals surface area contributed by atoms with Crippen molar-refractivity contribution in [3.8, 4) is 0 Å². The van der Waals surface area contributed by atoms with Gasteiger partial charge < -0.3 is 16.6 Å².